The Labute approximate surface area is 97.5 Å². The van der Waals surface area contributed by atoms with Gasteiger partial charge in [0, 0.05) is 0 Å². The number of halogens is 1. The van der Waals surface area contributed by atoms with Crippen molar-refractivity contribution in [3.05, 3.63) is 29.8 Å². The average Bonchev–Trinajstić information content (AvgIpc) is 2.65. The predicted molar refractivity (Wildman–Crippen MR) is 61.2 cm³/mol. The largest absolute Gasteiger partial charge is 0.280 e. The van der Waals surface area contributed by atoms with Crippen molar-refractivity contribution in [3.8, 4) is 0 Å². The molecular formula is C12H15FO2S. The van der Waals surface area contributed by atoms with Crippen LogP contribution in [0.15, 0.2) is 29.2 Å². The molecule has 1 aromatic carbocycles. The Hall–Kier alpha value is -0.740. The highest BCUT2D eigenvalue weighted by atomic mass is 32.2. The van der Waals surface area contributed by atoms with Gasteiger partial charge in [-0.15, -0.1) is 0 Å². The molecule has 0 bridgehead atoms. The number of hydrogen-bond acceptors (Lipinski definition) is 2. The summed E-state index contributed by atoms with van der Waals surface area (Å²) in [4.78, 5) is 0.602. The van der Waals surface area contributed by atoms with Crippen molar-refractivity contribution in [1.29, 1.82) is 0 Å². The van der Waals surface area contributed by atoms with Crippen LogP contribution in [0.25, 0.3) is 0 Å². The number of benzene rings is 1. The molecule has 2 nitrogen and oxygen atoms in total. The lowest BCUT2D eigenvalue weighted by Crippen LogP contribution is -2.20. The van der Waals surface area contributed by atoms with Crippen LogP contribution in [0.5, 0.6) is 0 Å². The van der Waals surface area contributed by atoms with Gasteiger partial charge < -0.3 is 0 Å². The zero-order valence-corrected chi connectivity index (χ0v) is 10.0. The van der Waals surface area contributed by atoms with Crippen LogP contribution in [-0.4, -0.2) is 16.5 Å². The summed E-state index contributed by atoms with van der Waals surface area (Å²) < 4.78 is 30.3. The lowest BCUT2D eigenvalue weighted by Gasteiger charge is -2.12. The van der Waals surface area contributed by atoms with Crippen LogP contribution in [0.2, 0.25) is 0 Å². The van der Waals surface area contributed by atoms with E-state index in [0.29, 0.717) is 17.7 Å². The maximum absolute atomic E-state index is 13.3. The highest BCUT2D eigenvalue weighted by molar-refractivity contribution is 7.80. The second-order valence-corrected chi connectivity index (χ2v) is 5.26. The zero-order valence-electron chi connectivity index (χ0n) is 9.19. The molecule has 0 N–H and O–H groups in total. The lowest BCUT2D eigenvalue weighted by atomic mass is 10.2. The minimum atomic E-state index is -1.54. The van der Waals surface area contributed by atoms with Gasteiger partial charge in [0.1, 0.15) is 12.3 Å². The van der Waals surface area contributed by atoms with Gasteiger partial charge in [0.05, 0.1) is 4.90 Å². The molecule has 1 aliphatic rings. The average molecular weight is 242 g/mol. The fourth-order valence-electron chi connectivity index (χ4n) is 1.81. The Balaban J connectivity index is 2.00. The van der Waals surface area contributed by atoms with Gasteiger partial charge in [-0.1, -0.05) is 17.7 Å². The second-order valence-electron chi connectivity index (χ2n) is 4.13. The molecule has 1 saturated carbocycles. The van der Waals surface area contributed by atoms with Crippen LogP contribution in [0, 0.1) is 6.92 Å². The van der Waals surface area contributed by atoms with E-state index in [1.807, 2.05) is 19.1 Å². The molecule has 0 aromatic heterocycles. The number of aryl methyl sites for hydroxylation is 1. The van der Waals surface area contributed by atoms with Crippen molar-refractivity contribution >= 4 is 11.1 Å². The van der Waals surface area contributed by atoms with Crippen molar-refractivity contribution in [2.45, 2.75) is 43.4 Å². The minimum absolute atomic E-state index is 0.498. The van der Waals surface area contributed by atoms with Crippen molar-refractivity contribution in [2.75, 3.05) is 0 Å². The Morgan fingerprint density at radius 1 is 1.31 bits per heavy atom. The smallest absolute Gasteiger partial charge is 0.189 e. The maximum atomic E-state index is 13.3. The van der Waals surface area contributed by atoms with E-state index in [1.165, 1.54) is 0 Å². The van der Waals surface area contributed by atoms with Crippen molar-refractivity contribution in [2.24, 2.45) is 0 Å². The normalized spacial score (nSPS) is 26.9. The Morgan fingerprint density at radius 2 is 2.00 bits per heavy atom. The highest BCUT2D eigenvalue weighted by Gasteiger charge is 2.29. The van der Waals surface area contributed by atoms with Crippen LogP contribution < -0.4 is 0 Å². The molecule has 1 aromatic rings. The lowest BCUT2D eigenvalue weighted by molar-refractivity contribution is 0.140. The highest BCUT2D eigenvalue weighted by Crippen LogP contribution is 2.26. The van der Waals surface area contributed by atoms with Crippen molar-refractivity contribution in [3.63, 3.8) is 0 Å². The van der Waals surface area contributed by atoms with Gasteiger partial charge >= 0.3 is 0 Å². The first-order chi connectivity index (χ1) is 7.66. The molecule has 0 saturated heterocycles. The Bertz CT molecular complexity index is 377. The molecule has 3 unspecified atom stereocenters. The molecule has 0 aliphatic heterocycles. The fourth-order valence-corrected chi connectivity index (χ4v) is 2.72. The van der Waals surface area contributed by atoms with E-state index in [-0.39, 0.29) is 0 Å². The minimum Gasteiger partial charge on any atom is -0.280 e. The van der Waals surface area contributed by atoms with Gasteiger partial charge in [-0.2, -0.15) is 0 Å². The predicted octanol–water partition coefficient (Wildman–Crippen LogP) is 2.92. The third-order valence-corrected chi connectivity index (χ3v) is 3.88. The molecule has 1 fully saturated rings. The number of hydrogen-bond donors (Lipinski definition) is 0. The van der Waals surface area contributed by atoms with E-state index in [9.17, 15) is 8.60 Å². The molecule has 0 amide bonds. The summed E-state index contributed by atoms with van der Waals surface area (Å²) >= 11 is -1.54. The maximum Gasteiger partial charge on any atom is 0.189 e. The second kappa shape index (κ2) is 5.06. The van der Waals surface area contributed by atoms with Gasteiger partial charge in [-0.05, 0) is 38.3 Å². The fraction of sp³-hybridized carbons (Fsp3) is 0.500. The summed E-state index contributed by atoms with van der Waals surface area (Å²) in [6, 6.07) is 7.26. The van der Waals surface area contributed by atoms with E-state index >= 15 is 0 Å². The monoisotopic (exact) mass is 242 g/mol. The van der Waals surface area contributed by atoms with Gasteiger partial charge in [-0.25, -0.2) is 8.60 Å². The number of alkyl halides is 1. The summed E-state index contributed by atoms with van der Waals surface area (Å²) in [5.41, 5.74) is 1.10. The van der Waals surface area contributed by atoms with Crippen LogP contribution in [0.4, 0.5) is 4.39 Å². The van der Waals surface area contributed by atoms with Gasteiger partial charge in [0.2, 0.25) is 0 Å². The molecule has 0 radical (unpaired) electrons. The summed E-state index contributed by atoms with van der Waals surface area (Å²) in [6.07, 6.45) is 0.544. The molecule has 0 heterocycles. The van der Waals surface area contributed by atoms with Crippen LogP contribution in [0.3, 0.4) is 0 Å². The third-order valence-electron chi connectivity index (χ3n) is 2.80. The zero-order chi connectivity index (χ0) is 11.5. The van der Waals surface area contributed by atoms with Gasteiger partial charge in [-0.3, -0.25) is 4.18 Å². The molecule has 16 heavy (non-hydrogen) atoms. The quantitative estimate of drug-likeness (QED) is 0.814. The van der Waals surface area contributed by atoms with Crippen LogP contribution in [0.1, 0.15) is 24.8 Å². The Morgan fingerprint density at radius 3 is 2.56 bits per heavy atom. The molecule has 0 spiro atoms. The van der Waals surface area contributed by atoms with E-state index < -0.39 is 23.4 Å². The standard InChI is InChI=1S/C12H15FO2S/c1-9-5-7-10(8-6-9)16(14)15-12-4-2-3-11(12)13/h5-8,11-12H,2-4H2,1H3. The first-order valence-corrected chi connectivity index (χ1v) is 6.54. The van der Waals surface area contributed by atoms with Crippen molar-refractivity contribution < 1.29 is 12.8 Å². The molecular weight excluding hydrogens is 227 g/mol. The first-order valence-electron chi connectivity index (χ1n) is 5.46. The third kappa shape index (κ3) is 2.68. The summed E-state index contributed by atoms with van der Waals surface area (Å²) in [7, 11) is 0. The van der Waals surface area contributed by atoms with Gasteiger partial charge in [0.15, 0.2) is 11.1 Å². The first kappa shape index (κ1) is 11.7. The van der Waals surface area contributed by atoms with Crippen molar-refractivity contribution in [1.82, 2.24) is 0 Å². The summed E-state index contributed by atoms with van der Waals surface area (Å²) in [5, 5.41) is 0. The van der Waals surface area contributed by atoms with Crippen LogP contribution in [-0.2, 0) is 15.3 Å². The molecule has 4 heteroatoms. The van der Waals surface area contributed by atoms with E-state index in [1.54, 1.807) is 12.1 Å². The summed E-state index contributed by atoms with van der Waals surface area (Å²) in [5.74, 6) is 0. The molecule has 1 aliphatic carbocycles. The van der Waals surface area contributed by atoms with E-state index in [4.69, 9.17) is 4.18 Å². The van der Waals surface area contributed by atoms with Crippen LogP contribution >= 0.6 is 0 Å². The molecule has 2 rings (SSSR count). The van der Waals surface area contributed by atoms with E-state index in [0.717, 1.165) is 12.0 Å². The van der Waals surface area contributed by atoms with Gasteiger partial charge in [0.25, 0.3) is 0 Å². The topological polar surface area (TPSA) is 26.3 Å². The Kier molecular flexibility index (Phi) is 3.71. The summed E-state index contributed by atoms with van der Waals surface area (Å²) in [6.45, 7) is 1.96. The molecule has 3 atom stereocenters. The molecule has 88 valence electrons. The number of rotatable bonds is 3. The SMILES string of the molecule is Cc1ccc(S(=O)OC2CCCC2F)cc1. The van der Waals surface area contributed by atoms with E-state index in [2.05, 4.69) is 0 Å².